The third-order valence-electron chi connectivity index (χ3n) is 5.20. The van der Waals surface area contributed by atoms with E-state index in [1.807, 2.05) is 13.8 Å². The SMILES string of the molecule is CCCOC(=O)c1ccc(N2C[C@H](C(=O)OCC(=O)Nc3cc(Cl)c(Br)cc3C)CC2=O)cc1. The normalized spacial score (nSPS) is 15.2. The first-order valence-electron chi connectivity index (χ1n) is 10.7. The molecule has 2 aromatic rings. The van der Waals surface area contributed by atoms with Gasteiger partial charge < -0.3 is 19.7 Å². The molecule has 10 heteroatoms. The van der Waals surface area contributed by atoms with Gasteiger partial charge in [0.05, 0.1) is 23.1 Å². The fourth-order valence-electron chi connectivity index (χ4n) is 3.39. The molecular weight excluding hydrogens is 528 g/mol. The molecule has 1 atom stereocenters. The average Bonchev–Trinajstić information content (AvgIpc) is 3.21. The molecule has 8 nitrogen and oxygen atoms in total. The molecule has 2 amide bonds. The first-order chi connectivity index (χ1) is 16.2. The Labute approximate surface area is 210 Å². The van der Waals surface area contributed by atoms with Crippen LogP contribution in [-0.4, -0.2) is 43.5 Å². The van der Waals surface area contributed by atoms with Gasteiger partial charge in [0.2, 0.25) is 5.91 Å². The van der Waals surface area contributed by atoms with Gasteiger partial charge in [-0.3, -0.25) is 14.4 Å². The molecule has 0 unspecified atom stereocenters. The Kier molecular flexibility index (Phi) is 8.68. The van der Waals surface area contributed by atoms with Crippen LogP contribution in [0, 0.1) is 12.8 Å². The van der Waals surface area contributed by atoms with E-state index in [0.717, 1.165) is 12.0 Å². The number of halogens is 2. The lowest BCUT2D eigenvalue weighted by atomic mass is 10.1. The number of esters is 2. The molecule has 0 aromatic heterocycles. The average molecular weight is 552 g/mol. The van der Waals surface area contributed by atoms with Crippen molar-refractivity contribution in [1.82, 2.24) is 0 Å². The summed E-state index contributed by atoms with van der Waals surface area (Å²) in [5.74, 6) is -2.51. The summed E-state index contributed by atoms with van der Waals surface area (Å²) in [5.41, 5.74) is 2.25. The second-order valence-electron chi connectivity index (χ2n) is 7.83. The van der Waals surface area contributed by atoms with Crippen LogP contribution in [0.5, 0.6) is 0 Å². The highest BCUT2D eigenvalue weighted by Gasteiger charge is 2.36. The summed E-state index contributed by atoms with van der Waals surface area (Å²) >= 11 is 9.37. The van der Waals surface area contributed by atoms with Gasteiger partial charge in [-0.2, -0.15) is 0 Å². The number of carbonyl (C=O) groups excluding carboxylic acids is 4. The van der Waals surface area contributed by atoms with E-state index in [4.69, 9.17) is 21.1 Å². The first-order valence-corrected chi connectivity index (χ1v) is 11.9. The predicted octanol–water partition coefficient (Wildman–Crippen LogP) is 4.51. The summed E-state index contributed by atoms with van der Waals surface area (Å²) in [5, 5.41) is 3.10. The lowest BCUT2D eigenvalue weighted by Crippen LogP contribution is -2.28. The predicted molar refractivity (Wildman–Crippen MR) is 131 cm³/mol. The van der Waals surface area contributed by atoms with E-state index < -0.39 is 30.4 Å². The maximum Gasteiger partial charge on any atom is 0.338 e. The highest BCUT2D eigenvalue weighted by atomic mass is 79.9. The lowest BCUT2D eigenvalue weighted by molar-refractivity contribution is -0.151. The number of nitrogens with zero attached hydrogens (tertiary/aromatic N) is 1. The molecule has 1 aliphatic rings. The van der Waals surface area contributed by atoms with Crippen LogP contribution in [0.1, 0.15) is 35.7 Å². The number of ether oxygens (including phenoxy) is 2. The Morgan fingerprint density at radius 3 is 2.56 bits per heavy atom. The summed E-state index contributed by atoms with van der Waals surface area (Å²) in [6, 6.07) is 9.78. The quantitative estimate of drug-likeness (QED) is 0.484. The molecule has 0 saturated carbocycles. The van der Waals surface area contributed by atoms with Crippen LogP contribution in [-0.2, 0) is 23.9 Å². The zero-order valence-corrected chi connectivity index (χ0v) is 21.1. The van der Waals surface area contributed by atoms with Crippen molar-refractivity contribution in [3.8, 4) is 0 Å². The van der Waals surface area contributed by atoms with Gasteiger partial charge in [-0.15, -0.1) is 0 Å². The molecule has 1 N–H and O–H groups in total. The molecule has 1 fully saturated rings. The van der Waals surface area contributed by atoms with Gasteiger partial charge in [0, 0.05) is 28.8 Å². The smallest absolute Gasteiger partial charge is 0.338 e. The van der Waals surface area contributed by atoms with Crippen LogP contribution in [0.3, 0.4) is 0 Å². The molecule has 1 heterocycles. The van der Waals surface area contributed by atoms with Gasteiger partial charge in [0.25, 0.3) is 5.91 Å². The van der Waals surface area contributed by atoms with Crippen LogP contribution in [0.2, 0.25) is 5.02 Å². The van der Waals surface area contributed by atoms with E-state index in [-0.39, 0.29) is 18.9 Å². The van der Waals surface area contributed by atoms with Crippen LogP contribution < -0.4 is 10.2 Å². The summed E-state index contributed by atoms with van der Waals surface area (Å²) in [6.45, 7) is 3.69. The zero-order valence-electron chi connectivity index (χ0n) is 18.7. The number of amides is 2. The molecule has 1 saturated heterocycles. The van der Waals surface area contributed by atoms with Crippen molar-refractivity contribution in [3.05, 3.63) is 57.0 Å². The molecule has 0 bridgehead atoms. The minimum Gasteiger partial charge on any atom is -0.462 e. The second-order valence-corrected chi connectivity index (χ2v) is 9.09. The molecule has 1 aliphatic heterocycles. The topological polar surface area (TPSA) is 102 Å². The number of rotatable bonds is 8. The van der Waals surface area contributed by atoms with Crippen molar-refractivity contribution in [2.45, 2.75) is 26.7 Å². The van der Waals surface area contributed by atoms with Crippen LogP contribution in [0.25, 0.3) is 0 Å². The van der Waals surface area contributed by atoms with E-state index >= 15 is 0 Å². The third-order valence-corrected chi connectivity index (χ3v) is 6.39. The summed E-state index contributed by atoms with van der Waals surface area (Å²) in [4.78, 5) is 50.5. The van der Waals surface area contributed by atoms with Crippen molar-refractivity contribution < 1.29 is 28.7 Å². The molecule has 3 rings (SSSR count). The number of hydrogen-bond acceptors (Lipinski definition) is 6. The fraction of sp³-hybridized carbons (Fsp3) is 0.333. The van der Waals surface area contributed by atoms with Crippen LogP contribution in [0.4, 0.5) is 11.4 Å². The molecule has 180 valence electrons. The largest absolute Gasteiger partial charge is 0.462 e. The molecule has 2 aromatic carbocycles. The Morgan fingerprint density at radius 1 is 1.18 bits per heavy atom. The van der Waals surface area contributed by atoms with Gasteiger partial charge in [-0.05, 0) is 71.2 Å². The first kappa shape index (κ1) is 25.7. The van der Waals surface area contributed by atoms with Crippen molar-refractivity contribution in [2.24, 2.45) is 5.92 Å². The van der Waals surface area contributed by atoms with Gasteiger partial charge in [-0.25, -0.2) is 4.79 Å². The number of carbonyl (C=O) groups is 4. The standard InChI is InChI=1S/C24H24BrClN2O6/c1-3-8-33-23(31)15-4-6-17(7-5-15)28-12-16(10-22(28)30)24(32)34-13-21(29)27-20-11-19(26)18(25)9-14(20)2/h4-7,9,11,16H,3,8,10,12-13H2,1-2H3,(H,27,29)/t16-/m1/s1. The minimum atomic E-state index is -0.696. The van der Waals surface area contributed by atoms with E-state index in [0.29, 0.717) is 33.0 Å². The van der Waals surface area contributed by atoms with Crippen molar-refractivity contribution in [2.75, 3.05) is 30.0 Å². The zero-order chi connectivity index (χ0) is 24.8. The number of anilines is 2. The van der Waals surface area contributed by atoms with E-state index in [1.54, 1.807) is 36.4 Å². The van der Waals surface area contributed by atoms with Crippen molar-refractivity contribution in [1.29, 1.82) is 0 Å². The molecule has 0 radical (unpaired) electrons. The Morgan fingerprint density at radius 2 is 1.88 bits per heavy atom. The Balaban J connectivity index is 1.53. The van der Waals surface area contributed by atoms with Crippen molar-refractivity contribution in [3.63, 3.8) is 0 Å². The van der Waals surface area contributed by atoms with Crippen LogP contribution >= 0.6 is 27.5 Å². The fourth-order valence-corrected chi connectivity index (χ4v) is 4.01. The number of nitrogens with one attached hydrogen (secondary N) is 1. The lowest BCUT2D eigenvalue weighted by Gasteiger charge is -2.17. The molecule has 34 heavy (non-hydrogen) atoms. The van der Waals surface area contributed by atoms with Gasteiger partial charge >= 0.3 is 11.9 Å². The monoisotopic (exact) mass is 550 g/mol. The number of benzene rings is 2. The molecular formula is C24H24BrClN2O6. The third kappa shape index (κ3) is 6.36. The summed E-state index contributed by atoms with van der Waals surface area (Å²) in [7, 11) is 0. The Bertz CT molecular complexity index is 1110. The Hall–Kier alpha value is -2.91. The van der Waals surface area contributed by atoms with E-state index in [9.17, 15) is 19.2 Å². The number of hydrogen-bond donors (Lipinski definition) is 1. The van der Waals surface area contributed by atoms with E-state index in [1.165, 1.54) is 4.90 Å². The highest BCUT2D eigenvalue weighted by Crippen LogP contribution is 2.29. The minimum absolute atomic E-state index is 0.0256. The summed E-state index contributed by atoms with van der Waals surface area (Å²) < 4.78 is 10.9. The molecule has 0 spiro atoms. The molecule has 0 aliphatic carbocycles. The van der Waals surface area contributed by atoms with E-state index in [2.05, 4.69) is 21.2 Å². The van der Waals surface area contributed by atoms with Gasteiger partial charge in [0.1, 0.15) is 0 Å². The number of aryl methyl sites for hydroxylation is 1. The summed E-state index contributed by atoms with van der Waals surface area (Å²) in [6.07, 6.45) is 0.700. The van der Waals surface area contributed by atoms with Gasteiger partial charge in [-0.1, -0.05) is 18.5 Å². The highest BCUT2D eigenvalue weighted by molar-refractivity contribution is 9.10. The maximum absolute atomic E-state index is 12.5. The second kappa shape index (κ2) is 11.5. The maximum atomic E-state index is 12.5. The van der Waals surface area contributed by atoms with Crippen molar-refractivity contribution >= 4 is 62.7 Å². The van der Waals surface area contributed by atoms with Gasteiger partial charge in [0.15, 0.2) is 6.61 Å². The van der Waals surface area contributed by atoms with Crippen LogP contribution in [0.15, 0.2) is 40.9 Å².